The fraction of sp³-hybridized carbons (Fsp3) is 0.158. The number of imide groups is 1. The van der Waals surface area contributed by atoms with Crippen molar-refractivity contribution in [1.82, 2.24) is 4.90 Å². The van der Waals surface area contributed by atoms with Gasteiger partial charge >= 0.3 is 0 Å². The molecule has 0 aliphatic carbocycles. The van der Waals surface area contributed by atoms with Crippen LogP contribution in [-0.2, 0) is 9.59 Å². The van der Waals surface area contributed by atoms with Gasteiger partial charge in [0, 0.05) is 23.2 Å². The first kappa shape index (κ1) is 17.0. The molecule has 1 aromatic carbocycles. The average molecular weight is 354 g/mol. The van der Waals surface area contributed by atoms with Crippen LogP contribution >= 0.6 is 11.3 Å². The summed E-state index contributed by atoms with van der Waals surface area (Å²) in [7, 11) is 0. The van der Waals surface area contributed by atoms with Gasteiger partial charge in [0.25, 0.3) is 11.8 Å². The predicted octanol–water partition coefficient (Wildman–Crippen LogP) is 3.52. The molecule has 1 aliphatic heterocycles. The van der Waals surface area contributed by atoms with Crippen molar-refractivity contribution in [3.63, 3.8) is 0 Å². The molecule has 0 fully saturated rings. The maximum absolute atomic E-state index is 12.7. The quantitative estimate of drug-likeness (QED) is 0.610. The van der Waals surface area contributed by atoms with Crippen LogP contribution in [0, 0.1) is 0 Å². The van der Waals surface area contributed by atoms with Crippen LogP contribution in [0.25, 0.3) is 5.57 Å². The molecule has 6 heteroatoms. The van der Waals surface area contributed by atoms with E-state index in [-0.39, 0.29) is 24.1 Å². The first-order valence-corrected chi connectivity index (χ1v) is 8.78. The number of benzene rings is 1. The van der Waals surface area contributed by atoms with Gasteiger partial charge in [-0.2, -0.15) is 0 Å². The number of hydrogen-bond donors (Lipinski definition) is 1. The first-order chi connectivity index (χ1) is 12.2. The second-order valence-electron chi connectivity index (χ2n) is 5.32. The first-order valence-electron chi connectivity index (χ1n) is 7.90. The topological polar surface area (TPSA) is 58.6 Å². The molecule has 1 aliphatic rings. The van der Waals surface area contributed by atoms with Gasteiger partial charge in [-0.25, -0.2) is 0 Å². The van der Waals surface area contributed by atoms with Crippen molar-refractivity contribution in [3.05, 3.63) is 65.0 Å². The molecular formula is C19H18N2O3S. The summed E-state index contributed by atoms with van der Waals surface area (Å²) in [6, 6.07) is 11.0. The highest BCUT2D eigenvalue weighted by Gasteiger charge is 2.38. The van der Waals surface area contributed by atoms with Gasteiger partial charge in [0.2, 0.25) is 0 Å². The van der Waals surface area contributed by atoms with Gasteiger partial charge in [-0.1, -0.05) is 18.2 Å². The van der Waals surface area contributed by atoms with Crippen LogP contribution in [0.3, 0.4) is 0 Å². The second-order valence-corrected chi connectivity index (χ2v) is 6.27. The van der Waals surface area contributed by atoms with Gasteiger partial charge in [-0.05, 0) is 30.5 Å². The number of nitrogens with one attached hydrogen (secondary N) is 1. The molecule has 5 nitrogen and oxygen atoms in total. The molecule has 0 spiro atoms. The third kappa shape index (κ3) is 3.34. The molecule has 1 N–H and O–H groups in total. The Labute approximate surface area is 150 Å². The van der Waals surface area contributed by atoms with Crippen molar-refractivity contribution in [1.29, 1.82) is 0 Å². The van der Waals surface area contributed by atoms with E-state index in [0.29, 0.717) is 23.6 Å². The van der Waals surface area contributed by atoms with E-state index in [9.17, 15) is 9.59 Å². The van der Waals surface area contributed by atoms with Crippen molar-refractivity contribution < 1.29 is 14.3 Å². The van der Waals surface area contributed by atoms with Gasteiger partial charge in [-0.3, -0.25) is 14.5 Å². The standard InChI is InChI=1S/C19H18N2O3S/c1-3-10-21-18(22)16(15-9-6-11-25-15)17(19(21)23)20-13-7-5-8-14(12-13)24-4-2/h3,5-9,11-12,20H,1,4,10H2,2H3. The molecule has 0 radical (unpaired) electrons. The molecular weight excluding hydrogens is 336 g/mol. The SMILES string of the molecule is C=CCN1C(=O)C(Nc2cccc(OCC)c2)=C(c2cccs2)C1=O. The van der Waals surface area contributed by atoms with E-state index >= 15 is 0 Å². The Bertz CT molecular complexity index is 840. The van der Waals surface area contributed by atoms with Crippen LogP contribution < -0.4 is 10.1 Å². The molecule has 25 heavy (non-hydrogen) atoms. The number of anilines is 1. The van der Waals surface area contributed by atoms with Crippen molar-refractivity contribution >= 4 is 34.4 Å². The molecule has 3 rings (SSSR count). The third-order valence-corrected chi connectivity index (χ3v) is 4.55. The second kappa shape index (κ2) is 7.36. The minimum atomic E-state index is -0.352. The molecule has 2 aromatic rings. The average Bonchev–Trinajstić information content (AvgIpc) is 3.19. The van der Waals surface area contributed by atoms with Crippen molar-refractivity contribution in [2.24, 2.45) is 0 Å². The van der Waals surface area contributed by atoms with E-state index in [1.807, 2.05) is 42.6 Å². The molecule has 2 heterocycles. The number of thiophene rings is 1. The van der Waals surface area contributed by atoms with E-state index < -0.39 is 0 Å². The number of rotatable bonds is 7. The number of ether oxygens (including phenoxy) is 1. The zero-order valence-electron chi connectivity index (χ0n) is 13.8. The lowest BCUT2D eigenvalue weighted by atomic mass is 10.2. The van der Waals surface area contributed by atoms with Gasteiger partial charge in [-0.15, -0.1) is 17.9 Å². The highest BCUT2D eigenvalue weighted by Crippen LogP contribution is 2.33. The molecule has 0 unspecified atom stereocenters. The van der Waals surface area contributed by atoms with E-state index in [4.69, 9.17) is 4.74 Å². The lowest BCUT2D eigenvalue weighted by Gasteiger charge is -2.13. The highest BCUT2D eigenvalue weighted by molar-refractivity contribution is 7.11. The molecule has 0 bridgehead atoms. The van der Waals surface area contributed by atoms with E-state index in [0.717, 1.165) is 4.88 Å². The molecule has 0 saturated carbocycles. The number of amides is 2. The van der Waals surface area contributed by atoms with E-state index in [1.165, 1.54) is 16.2 Å². The third-order valence-electron chi connectivity index (χ3n) is 3.66. The number of carbonyl (C=O) groups excluding carboxylic acids is 2. The molecule has 1 aromatic heterocycles. The summed E-state index contributed by atoms with van der Waals surface area (Å²) >= 11 is 1.42. The van der Waals surface area contributed by atoms with Crippen LogP contribution in [0.4, 0.5) is 5.69 Å². The van der Waals surface area contributed by atoms with Crippen LogP contribution in [0.1, 0.15) is 11.8 Å². The van der Waals surface area contributed by atoms with Crippen molar-refractivity contribution in [2.75, 3.05) is 18.5 Å². The summed E-state index contributed by atoms with van der Waals surface area (Å²) < 4.78 is 5.49. The number of hydrogen-bond acceptors (Lipinski definition) is 5. The highest BCUT2D eigenvalue weighted by atomic mass is 32.1. The van der Waals surface area contributed by atoms with Gasteiger partial charge in [0.15, 0.2) is 0 Å². The normalized spacial score (nSPS) is 14.2. The van der Waals surface area contributed by atoms with Crippen LogP contribution in [0.5, 0.6) is 5.75 Å². The monoisotopic (exact) mass is 354 g/mol. The van der Waals surface area contributed by atoms with Crippen molar-refractivity contribution in [3.8, 4) is 5.75 Å². The van der Waals surface area contributed by atoms with E-state index in [2.05, 4.69) is 11.9 Å². The molecule has 128 valence electrons. The largest absolute Gasteiger partial charge is 0.494 e. The zero-order valence-corrected chi connectivity index (χ0v) is 14.6. The summed E-state index contributed by atoms with van der Waals surface area (Å²) in [5, 5.41) is 4.99. The fourth-order valence-corrected chi connectivity index (χ4v) is 3.38. The van der Waals surface area contributed by atoms with Gasteiger partial charge < -0.3 is 10.1 Å². The summed E-state index contributed by atoms with van der Waals surface area (Å²) in [5.74, 6) is 0.0384. The Morgan fingerprint density at radius 2 is 2.08 bits per heavy atom. The summed E-state index contributed by atoms with van der Waals surface area (Å²) in [4.78, 5) is 27.4. The number of nitrogens with zero attached hydrogens (tertiary/aromatic N) is 1. The maximum Gasteiger partial charge on any atom is 0.278 e. The van der Waals surface area contributed by atoms with E-state index in [1.54, 1.807) is 12.1 Å². The van der Waals surface area contributed by atoms with Crippen LogP contribution in [-0.4, -0.2) is 29.9 Å². The molecule has 2 amide bonds. The lowest BCUT2D eigenvalue weighted by molar-refractivity contribution is -0.136. The predicted molar refractivity (Wildman–Crippen MR) is 99.4 cm³/mol. The smallest absolute Gasteiger partial charge is 0.278 e. The summed E-state index contributed by atoms with van der Waals surface area (Å²) in [5.41, 5.74) is 1.36. The Kier molecular flexibility index (Phi) is 5.00. The minimum Gasteiger partial charge on any atom is -0.494 e. The summed E-state index contributed by atoms with van der Waals surface area (Å²) in [6.45, 7) is 6.26. The lowest BCUT2D eigenvalue weighted by Crippen LogP contribution is -2.32. The van der Waals surface area contributed by atoms with Crippen LogP contribution in [0.2, 0.25) is 0 Å². The molecule has 0 saturated heterocycles. The fourth-order valence-electron chi connectivity index (χ4n) is 2.61. The summed E-state index contributed by atoms with van der Waals surface area (Å²) in [6.07, 6.45) is 1.54. The van der Waals surface area contributed by atoms with Crippen molar-refractivity contribution in [2.45, 2.75) is 6.92 Å². The van der Waals surface area contributed by atoms with Crippen LogP contribution in [0.15, 0.2) is 60.1 Å². The number of carbonyl (C=O) groups is 2. The molecule has 0 atom stereocenters. The van der Waals surface area contributed by atoms with Gasteiger partial charge in [0.1, 0.15) is 11.4 Å². The zero-order chi connectivity index (χ0) is 17.8. The Morgan fingerprint density at radius 3 is 2.76 bits per heavy atom. The Hall–Kier alpha value is -2.86. The maximum atomic E-state index is 12.7. The Balaban J connectivity index is 2.00. The minimum absolute atomic E-state index is 0.177. The Morgan fingerprint density at radius 1 is 1.24 bits per heavy atom. The van der Waals surface area contributed by atoms with Gasteiger partial charge in [0.05, 0.1) is 12.2 Å².